The molecule has 1 saturated heterocycles. The number of alkyl halides is 3. The van der Waals surface area contributed by atoms with E-state index in [1.54, 1.807) is 42.7 Å². The highest BCUT2D eigenvalue weighted by Gasteiger charge is 2.43. The zero-order valence-corrected chi connectivity index (χ0v) is 13.0. The van der Waals surface area contributed by atoms with E-state index in [0.29, 0.717) is 18.5 Å². The van der Waals surface area contributed by atoms with Crippen molar-refractivity contribution in [3.05, 3.63) is 54.4 Å². The topological polar surface area (TPSA) is 38.1 Å². The molecule has 2 atom stereocenters. The summed E-state index contributed by atoms with van der Waals surface area (Å²) in [6.45, 7) is 0.0585. The highest BCUT2D eigenvalue weighted by atomic mass is 19.4. The summed E-state index contributed by atoms with van der Waals surface area (Å²) in [4.78, 5) is 14.3. The summed E-state index contributed by atoms with van der Waals surface area (Å²) in [6, 6.07) is 9.95. The molecule has 1 amide bonds. The quantitative estimate of drug-likeness (QED) is 0.862. The minimum absolute atomic E-state index is 0.0745. The van der Waals surface area contributed by atoms with Crippen molar-refractivity contribution >= 4 is 5.91 Å². The lowest BCUT2D eigenvalue weighted by Gasteiger charge is -2.35. The Morgan fingerprint density at radius 1 is 1.21 bits per heavy atom. The fourth-order valence-electron chi connectivity index (χ4n) is 3.09. The van der Waals surface area contributed by atoms with Crippen molar-refractivity contribution in [2.75, 3.05) is 13.1 Å². The summed E-state index contributed by atoms with van der Waals surface area (Å²) in [5.74, 6) is -1.80. The van der Waals surface area contributed by atoms with Crippen molar-refractivity contribution in [3.63, 3.8) is 0 Å². The molecule has 0 radical (unpaired) electrons. The zero-order chi connectivity index (χ0) is 17.2. The second-order valence-corrected chi connectivity index (χ2v) is 5.96. The van der Waals surface area contributed by atoms with E-state index in [0.717, 1.165) is 0 Å². The molecule has 1 aliphatic rings. The van der Waals surface area contributed by atoms with E-state index in [-0.39, 0.29) is 18.9 Å². The molecule has 1 aromatic heterocycles. The molecule has 0 spiro atoms. The molecule has 0 bridgehead atoms. The number of amides is 1. The van der Waals surface area contributed by atoms with Gasteiger partial charge in [0.05, 0.1) is 5.92 Å². The van der Waals surface area contributed by atoms with Gasteiger partial charge in [-0.15, -0.1) is 0 Å². The van der Waals surface area contributed by atoms with Crippen molar-refractivity contribution in [2.24, 2.45) is 5.92 Å². The predicted octanol–water partition coefficient (Wildman–Crippen LogP) is 3.27. The van der Waals surface area contributed by atoms with Gasteiger partial charge in [0, 0.05) is 25.5 Å². The normalized spacial score (nSPS) is 20.0. The average Bonchev–Trinajstić information content (AvgIpc) is 3.09. The summed E-state index contributed by atoms with van der Waals surface area (Å²) in [5.41, 5.74) is 0.709. The lowest BCUT2D eigenvalue weighted by atomic mass is 9.96. The summed E-state index contributed by atoms with van der Waals surface area (Å²) >= 11 is 0. The number of carbonyl (C=O) groups is 1. The highest BCUT2D eigenvalue weighted by molar-refractivity contribution is 5.83. The average molecular weight is 337 g/mol. The van der Waals surface area contributed by atoms with E-state index in [4.69, 9.17) is 0 Å². The minimum Gasteiger partial charge on any atom is -0.340 e. The van der Waals surface area contributed by atoms with Gasteiger partial charge in [-0.2, -0.15) is 18.3 Å². The van der Waals surface area contributed by atoms with Crippen molar-refractivity contribution in [2.45, 2.75) is 25.1 Å². The first-order chi connectivity index (χ1) is 11.5. The minimum atomic E-state index is -4.27. The van der Waals surface area contributed by atoms with Crippen LogP contribution in [0, 0.1) is 5.92 Å². The third-order valence-corrected chi connectivity index (χ3v) is 4.33. The number of benzene rings is 1. The lowest BCUT2D eigenvalue weighted by Crippen LogP contribution is -2.47. The fraction of sp³-hybridized carbons (Fsp3) is 0.412. The number of piperidine rings is 1. The van der Waals surface area contributed by atoms with E-state index in [1.165, 1.54) is 9.58 Å². The third-order valence-electron chi connectivity index (χ3n) is 4.33. The van der Waals surface area contributed by atoms with Gasteiger partial charge in [0.25, 0.3) is 5.91 Å². The van der Waals surface area contributed by atoms with Gasteiger partial charge in [-0.3, -0.25) is 9.48 Å². The van der Waals surface area contributed by atoms with Gasteiger partial charge in [-0.25, -0.2) is 0 Å². The molecular formula is C17H18F3N3O. The molecule has 0 saturated carbocycles. The van der Waals surface area contributed by atoms with Gasteiger partial charge >= 0.3 is 6.18 Å². The van der Waals surface area contributed by atoms with Crippen LogP contribution in [0.3, 0.4) is 0 Å². The molecule has 0 N–H and O–H groups in total. The molecule has 3 rings (SSSR count). The Labute approximate surface area is 137 Å². The van der Waals surface area contributed by atoms with Crippen molar-refractivity contribution in [1.82, 2.24) is 14.7 Å². The lowest BCUT2D eigenvalue weighted by molar-refractivity contribution is -0.188. The van der Waals surface area contributed by atoms with Crippen LogP contribution in [0.1, 0.15) is 24.4 Å². The van der Waals surface area contributed by atoms with Crippen LogP contribution >= 0.6 is 0 Å². The molecule has 2 heterocycles. The Morgan fingerprint density at radius 2 is 1.96 bits per heavy atom. The van der Waals surface area contributed by atoms with Crippen molar-refractivity contribution < 1.29 is 18.0 Å². The maximum Gasteiger partial charge on any atom is 0.393 e. The largest absolute Gasteiger partial charge is 0.393 e. The molecule has 1 fully saturated rings. The van der Waals surface area contributed by atoms with E-state index in [9.17, 15) is 18.0 Å². The number of carbonyl (C=O) groups excluding carboxylic acids is 1. The predicted molar refractivity (Wildman–Crippen MR) is 82.2 cm³/mol. The smallest absolute Gasteiger partial charge is 0.340 e. The number of halogens is 3. The van der Waals surface area contributed by atoms with Crippen LogP contribution in [0.5, 0.6) is 0 Å². The van der Waals surface area contributed by atoms with Crippen LogP contribution in [0.4, 0.5) is 13.2 Å². The monoisotopic (exact) mass is 337 g/mol. The van der Waals surface area contributed by atoms with E-state index in [1.807, 2.05) is 6.07 Å². The summed E-state index contributed by atoms with van der Waals surface area (Å²) in [7, 11) is 0. The molecule has 7 heteroatoms. The van der Waals surface area contributed by atoms with Gasteiger partial charge in [-0.1, -0.05) is 30.3 Å². The molecule has 1 aromatic carbocycles. The molecule has 24 heavy (non-hydrogen) atoms. The van der Waals surface area contributed by atoms with E-state index < -0.39 is 18.1 Å². The Kier molecular flexibility index (Phi) is 4.59. The molecule has 1 aliphatic heterocycles. The molecule has 128 valence electrons. The Balaban J connectivity index is 1.87. The molecule has 2 aromatic rings. The van der Waals surface area contributed by atoms with Crippen molar-refractivity contribution in [3.8, 4) is 0 Å². The number of rotatable bonds is 3. The fourth-order valence-corrected chi connectivity index (χ4v) is 3.09. The Hall–Kier alpha value is -2.31. The maximum absolute atomic E-state index is 13.0. The summed E-state index contributed by atoms with van der Waals surface area (Å²) in [5, 5.41) is 4.12. The van der Waals surface area contributed by atoms with Crippen LogP contribution < -0.4 is 0 Å². The van der Waals surface area contributed by atoms with Gasteiger partial charge in [0.1, 0.15) is 0 Å². The Morgan fingerprint density at radius 3 is 2.58 bits per heavy atom. The number of hydrogen-bond donors (Lipinski definition) is 0. The first-order valence-corrected chi connectivity index (χ1v) is 7.86. The van der Waals surface area contributed by atoms with E-state index in [2.05, 4.69) is 5.10 Å². The molecule has 0 aliphatic carbocycles. The van der Waals surface area contributed by atoms with Crippen LogP contribution in [-0.2, 0) is 4.79 Å². The second-order valence-electron chi connectivity index (χ2n) is 5.96. The number of likely N-dealkylation sites (tertiary alicyclic amines) is 1. The maximum atomic E-state index is 13.0. The van der Waals surface area contributed by atoms with Gasteiger partial charge < -0.3 is 4.90 Å². The summed E-state index contributed by atoms with van der Waals surface area (Å²) < 4.78 is 40.6. The first-order valence-electron chi connectivity index (χ1n) is 7.86. The van der Waals surface area contributed by atoms with Crippen LogP contribution in [0.2, 0.25) is 0 Å². The first kappa shape index (κ1) is 16.5. The molecule has 0 unspecified atom stereocenters. The standard InChI is InChI=1S/C17H18F3N3O/c18-17(19,20)14-8-4-10-22(12-14)16(24)15(23-11-5-9-21-23)13-6-2-1-3-7-13/h1-3,5-7,9,11,14-15H,4,8,10,12H2/t14-,15-/m0/s1. The van der Waals surface area contributed by atoms with Crippen molar-refractivity contribution in [1.29, 1.82) is 0 Å². The van der Waals surface area contributed by atoms with Crippen LogP contribution in [0.15, 0.2) is 48.8 Å². The van der Waals surface area contributed by atoms with Gasteiger partial charge in [-0.05, 0) is 24.5 Å². The number of nitrogens with zero attached hydrogens (tertiary/aromatic N) is 3. The SMILES string of the molecule is O=C([C@H](c1ccccc1)n1cccn1)N1CCC[C@H](C(F)(F)F)C1. The molecule has 4 nitrogen and oxygen atoms in total. The van der Waals surface area contributed by atoms with Crippen LogP contribution in [-0.4, -0.2) is 39.9 Å². The van der Waals surface area contributed by atoms with Gasteiger partial charge in [0.15, 0.2) is 6.04 Å². The number of aromatic nitrogens is 2. The third kappa shape index (κ3) is 3.44. The Bertz CT molecular complexity index is 670. The molecular weight excluding hydrogens is 319 g/mol. The van der Waals surface area contributed by atoms with Crippen LogP contribution in [0.25, 0.3) is 0 Å². The second kappa shape index (κ2) is 6.67. The highest BCUT2D eigenvalue weighted by Crippen LogP contribution is 2.34. The zero-order valence-electron chi connectivity index (χ0n) is 13.0. The summed E-state index contributed by atoms with van der Waals surface area (Å²) in [6.07, 6.45) is -0.632. The number of hydrogen-bond acceptors (Lipinski definition) is 2. The van der Waals surface area contributed by atoms with Gasteiger partial charge in [0.2, 0.25) is 0 Å². The van der Waals surface area contributed by atoms with E-state index >= 15 is 0 Å².